The van der Waals surface area contributed by atoms with Crippen molar-refractivity contribution in [2.75, 3.05) is 5.32 Å². The Kier molecular flexibility index (Phi) is 5.80. The van der Waals surface area contributed by atoms with Gasteiger partial charge in [-0.25, -0.2) is 0 Å². The molecular formula is C20H25NO2. The summed E-state index contributed by atoms with van der Waals surface area (Å²) in [7, 11) is 0. The molecule has 3 heteroatoms. The first-order valence-electron chi connectivity index (χ1n) is 8.16. The van der Waals surface area contributed by atoms with Gasteiger partial charge in [0.05, 0.1) is 0 Å². The highest BCUT2D eigenvalue weighted by Crippen LogP contribution is 2.24. The number of para-hydroxylation sites is 1. The van der Waals surface area contributed by atoms with Crippen LogP contribution in [0.2, 0.25) is 0 Å². The van der Waals surface area contributed by atoms with Crippen LogP contribution in [-0.2, 0) is 11.2 Å². The van der Waals surface area contributed by atoms with Crippen LogP contribution < -0.4 is 10.1 Å². The fourth-order valence-electron chi connectivity index (χ4n) is 2.41. The topological polar surface area (TPSA) is 38.3 Å². The van der Waals surface area contributed by atoms with Gasteiger partial charge in [0.15, 0.2) is 6.10 Å². The fourth-order valence-corrected chi connectivity index (χ4v) is 2.41. The second kappa shape index (κ2) is 7.82. The Morgan fingerprint density at radius 3 is 2.30 bits per heavy atom. The van der Waals surface area contributed by atoms with Gasteiger partial charge in [-0.1, -0.05) is 51.1 Å². The predicted molar refractivity (Wildman–Crippen MR) is 95.1 cm³/mol. The third kappa shape index (κ3) is 4.59. The van der Waals surface area contributed by atoms with E-state index in [0.29, 0.717) is 11.7 Å². The molecule has 2 rings (SSSR count). The molecular weight excluding hydrogens is 286 g/mol. The fraction of sp³-hybridized carbons (Fsp3) is 0.350. The molecule has 3 nitrogen and oxygen atoms in total. The highest BCUT2D eigenvalue weighted by Gasteiger charge is 2.16. The molecule has 23 heavy (non-hydrogen) atoms. The zero-order valence-electron chi connectivity index (χ0n) is 14.3. The smallest absolute Gasteiger partial charge is 0.265 e. The summed E-state index contributed by atoms with van der Waals surface area (Å²) in [6.07, 6.45) is 0.435. The van der Waals surface area contributed by atoms with Gasteiger partial charge < -0.3 is 10.1 Å². The van der Waals surface area contributed by atoms with Crippen LogP contribution in [-0.4, -0.2) is 12.0 Å². The lowest BCUT2D eigenvalue weighted by Crippen LogP contribution is -2.30. The lowest BCUT2D eigenvalue weighted by molar-refractivity contribution is -0.122. The van der Waals surface area contributed by atoms with Crippen molar-refractivity contribution in [2.24, 2.45) is 0 Å². The van der Waals surface area contributed by atoms with Crippen LogP contribution in [0.5, 0.6) is 5.75 Å². The average molecular weight is 311 g/mol. The van der Waals surface area contributed by atoms with Gasteiger partial charge in [-0.15, -0.1) is 0 Å². The summed E-state index contributed by atoms with van der Waals surface area (Å²) in [5, 5.41) is 2.97. The summed E-state index contributed by atoms with van der Waals surface area (Å²) in [5.41, 5.74) is 3.23. The summed E-state index contributed by atoms with van der Waals surface area (Å²) in [6.45, 7) is 8.10. The first kappa shape index (κ1) is 17.1. The van der Waals surface area contributed by atoms with Crippen molar-refractivity contribution < 1.29 is 9.53 Å². The molecule has 122 valence electrons. The SMILES string of the molecule is CCc1ccc(OC(C)C(=O)Nc2ccccc2C(C)C)cc1. The maximum atomic E-state index is 12.4. The van der Waals surface area contributed by atoms with E-state index in [1.165, 1.54) is 5.56 Å². The zero-order valence-corrected chi connectivity index (χ0v) is 14.3. The summed E-state index contributed by atoms with van der Waals surface area (Å²) < 4.78 is 5.74. The van der Waals surface area contributed by atoms with E-state index in [-0.39, 0.29) is 5.91 Å². The monoisotopic (exact) mass is 311 g/mol. The number of carbonyl (C=O) groups excluding carboxylic acids is 1. The minimum absolute atomic E-state index is 0.141. The van der Waals surface area contributed by atoms with E-state index in [4.69, 9.17) is 4.74 Å². The third-order valence-corrected chi connectivity index (χ3v) is 3.85. The van der Waals surface area contributed by atoms with E-state index >= 15 is 0 Å². The number of hydrogen-bond acceptors (Lipinski definition) is 2. The minimum atomic E-state index is -0.553. The maximum absolute atomic E-state index is 12.4. The summed E-state index contributed by atoms with van der Waals surface area (Å²) >= 11 is 0. The largest absolute Gasteiger partial charge is 0.481 e. The standard InChI is InChI=1S/C20H25NO2/c1-5-16-10-12-17(13-11-16)23-15(4)20(22)21-19-9-7-6-8-18(19)14(2)3/h6-15H,5H2,1-4H3,(H,21,22). The van der Waals surface area contributed by atoms with E-state index in [1.54, 1.807) is 6.92 Å². The number of carbonyl (C=O) groups is 1. The summed E-state index contributed by atoms with van der Waals surface area (Å²) in [5.74, 6) is 0.920. The molecule has 0 spiro atoms. The van der Waals surface area contributed by atoms with Gasteiger partial charge in [-0.2, -0.15) is 0 Å². The number of anilines is 1. The molecule has 2 aromatic rings. The Morgan fingerprint density at radius 1 is 1.04 bits per heavy atom. The highest BCUT2D eigenvalue weighted by molar-refractivity contribution is 5.94. The van der Waals surface area contributed by atoms with Gasteiger partial charge >= 0.3 is 0 Å². The van der Waals surface area contributed by atoms with Crippen molar-refractivity contribution in [1.82, 2.24) is 0 Å². The predicted octanol–water partition coefficient (Wildman–Crippen LogP) is 4.78. The van der Waals surface area contributed by atoms with Crippen molar-refractivity contribution in [3.05, 3.63) is 59.7 Å². The Hall–Kier alpha value is -2.29. The van der Waals surface area contributed by atoms with E-state index in [0.717, 1.165) is 17.7 Å². The molecule has 0 heterocycles. The number of ether oxygens (including phenoxy) is 1. The second-order valence-electron chi connectivity index (χ2n) is 5.99. The highest BCUT2D eigenvalue weighted by atomic mass is 16.5. The average Bonchev–Trinajstić information content (AvgIpc) is 2.55. The Balaban J connectivity index is 2.02. The van der Waals surface area contributed by atoms with Crippen LogP contribution in [0.25, 0.3) is 0 Å². The molecule has 1 N–H and O–H groups in total. The molecule has 1 unspecified atom stereocenters. The molecule has 0 aliphatic carbocycles. The van der Waals surface area contributed by atoms with Crippen LogP contribution in [0.3, 0.4) is 0 Å². The summed E-state index contributed by atoms with van der Waals surface area (Å²) in [4.78, 5) is 12.4. The van der Waals surface area contributed by atoms with Crippen molar-refractivity contribution >= 4 is 11.6 Å². The van der Waals surface area contributed by atoms with Gasteiger partial charge in [-0.3, -0.25) is 4.79 Å². The molecule has 0 aliphatic heterocycles. The minimum Gasteiger partial charge on any atom is -0.481 e. The van der Waals surface area contributed by atoms with Crippen molar-refractivity contribution in [3.8, 4) is 5.75 Å². The van der Waals surface area contributed by atoms with Crippen LogP contribution in [0, 0.1) is 0 Å². The molecule has 0 bridgehead atoms. The van der Waals surface area contributed by atoms with E-state index in [2.05, 4.69) is 26.1 Å². The molecule has 0 saturated heterocycles. The molecule has 2 aromatic carbocycles. The van der Waals surface area contributed by atoms with Gasteiger partial charge in [0.25, 0.3) is 5.91 Å². The third-order valence-electron chi connectivity index (χ3n) is 3.85. The normalized spacial score (nSPS) is 12.0. The maximum Gasteiger partial charge on any atom is 0.265 e. The van der Waals surface area contributed by atoms with Crippen LogP contribution >= 0.6 is 0 Å². The first-order chi connectivity index (χ1) is 11.0. The Labute approximate surface area is 138 Å². The molecule has 0 saturated carbocycles. The number of aryl methyl sites for hydroxylation is 1. The number of hydrogen-bond donors (Lipinski definition) is 1. The molecule has 1 atom stereocenters. The number of rotatable bonds is 6. The molecule has 0 aromatic heterocycles. The lowest BCUT2D eigenvalue weighted by atomic mass is 10.0. The van der Waals surface area contributed by atoms with Crippen LogP contribution in [0.1, 0.15) is 44.7 Å². The quantitative estimate of drug-likeness (QED) is 0.834. The molecule has 0 fully saturated rings. The van der Waals surface area contributed by atoms with Crippen LogP contribution in [0.4, 0.5) is 5.69 Å². The van der Waals surface area contributed by atoms with E-state index in [9.17, 15) is 4.79 Å². The first-order valence-corrected chi connectivity index (χ1v) is 8.16. The van der Waals surface area contributed by atoms with Gasteiger partial charge in [0, 0.05) is 5.69 Å². The molecule has 1 amide bonds. The molecule has 0 aliphatic rings. The van der Waals surface area contributed by atoms with E-state index in [1.807, 2.05) is 48.5 Å². The zero-order chi connectivity index (χ0) is 16.8. The summed E-state index contributed by atoms with van der Waals surface area (Å²) in [6, 6.07) is 15.7. The van der Waals surface area contributed by atoms with Crippen molar-refractivity contribution in [3.63, 3.8) is 0 Å². The van der Waals surface area contributed by atoms with E-state index < -0.39 is 6.10 Å². The van der Waals surface area contributed by atoms with Crippen molar-refractivity contribution in [1.29, 1.82) is 0 Å². The number of nitrogens with one attached hydrogen (secondary N) is 1. The lowest BCUT2D eigenvalue weighted by Gasteiger charge is -2.18. The number of amides is 1. The number of benzene rings is 2. The van der Waals surface area contributed by atoms with Crippen molar-refractivity contribution in [2.45, 2.75) is 46.1 Å². The molecule has 0 radical (unpaired) electrons. The van der Waals surface area contributed by atoms with Gasteiger partial charge in [0.1, 0.15) is 5.75 Å². The van der Waals surface area contributed by atoms with Gasteiger partial charge in [0.2, 0.25) is 0 Å². The Bertz CT molecular complexity index is 647. The van der Waals surface area contributed by atoms with Crippen LogP contribution in [0.15, 0.2) is 48.5 Å². The van der Waals surface area contributed by atoms with Gasteiger partial charge in [-0.05, 0) is 48.6 Å². The second-order valence-corrected chi connectivity index (χ2v) is 5.99. The Morgan fingerprint density at radius 2 is 1.70 bits per heavy atom.